The number of nitrogens with zero attached hydrogens (tertiary/aromatic N) is 1. The number of hydrogen-bond acceptors (Lipinski definition) is 4. The van der Waals surface area contributed by atoms with Crippen molar-refractivity contribution in [2.75, 3.05) is 12.0 Å². The van der Waals surface area contributed by atoms with Crippen LogP contribution in [0.4, 0.5) is 5.69 Å². The molecular weight excluding hydrogens is 414 g/mol. The topological polar surface area (TPSA) is 66.8 Å². The van der Waals surface area contributed by atoms with Gasteiger partial charge in [0.2, 0.25) is 0 Å². The Hall–Kier alpha value is -3.57. The van der Waals surface area contributed by atoms with Crippen LogP contribution in [0.25, 0.3) is 5.76 Å². The number of amides is 1. The number of hydrogen-bond donors (Lipinski definition) is 1. The number of carbonyl (C=O) groups is 2. The number of benzene rings is 3. The van der Waals surface area contributed by atoms with Crippen LogP contribution in [0.5, 0.6) is 5.75 Å². The maximum atomic E-state index is 13.1. The summed E-state index contributed by atoms with van der Waals surface area (Å²) in [6, 6.07) is 20.1. The molecule has 156 valence electrons. The lowest BCUT2D eigenvalue weighted by molar-refractivity contribution is -0.132. The number of ketones is 1. The third kappa shape index (κ3) is 3.80. The van der Waals surface area contributed by atoms with Crippen molar-refractivity contribution in [3.63, 3.8) is 0 Å². The molecule has 0 radical (unpaired) electrons. The van der Waals surface area contributed by atoms with E-state index in [9.17, 15) is 14.7 Å². The minimum absolute atomic E-state index is 0.0377. The second-order valence-corrected chi connectivity index (χ2v) is 7.72. The fraction of sp³-hybridized carbons (Fsp3) is 0.120. The largest absolute Gasteiger partial charge is 0.507 e. The molecule has 1 heterocycles. The molecule has 5 nitrogen and oxygen atoms in total. The summed E-state index contributed by atoms with van der Waals surface area (Å²) in [5, 5.41) is 11.6. The molecule has 3 aromatic rings. The van der Waals surface area contributed by atoms with E-state index >= 15 is 0 Å². The highest BCUT2D eigenvalue weighted by molar-refractivity contribution is 6.51. The van der Waals surface area contributed by atoms with Gasteiger partial charge in [0.15, 0.2) is 0 Å². The molecule has 31 heavy (non-hydrogen) atoms. The van der Waals surface area contributed by atoms with Gasteiger partial charge < -0.3 is 9.84 Å². The molecule has 4 rings (SSSR count). The van der Waals surface area contributed by atoms with Gasteiger partial charge in [0.05, 0.1) is 18.7 Å². The Labute approximate surface area is 185 Å². The smallest absolute Gasteiger partial charge is 0.300 e. The van der Waals surface area contributed by atoms with E-state index in [-0.39, 0.29) is 11.3 Å². The van der Waals surface area contributed by atoms with Crippen molar-refractivity contribution in [2.24, 2.45) is 0 Å². The molecule has 1 amide bonds. The summed E-state index contributed by atoms with van der Waals surface area (Å²) in [4.78, 5) is 27.6. The second kappa shape index (κ2) is 8.28. The second-order valence-electron chi connectivity index (χ2n) is 7.29. The predicted molar refractivity (Wildman–Crippen MR) is 120 cm³/mol. The molecule has 0 saturated carbocycles. The quantitative estimate of drug-likeness (QED) is 0.345. The van der Waals surface area contributed by atoms with Crippen LogP contribution in [-0.2, 0) is 9.59 Å². The van der Waals surface area contributed by atoms with Gasteiger partial charge in [0, 0.05) is 16.3 Å². The van der Waals surface area contributed by atoms with E-state index < -0.39 is 17.7 Å². The molecule has 1 fully saturated rings. The molecule has 6 heteroatoms. The van der Waals surface area contributed by atoms with Gasteiger partial charge in [0.1, 0.15) is 11.5 Å². The zero-order chi connectivity index (χ0) is 22.1. The van der Waals surface area contributed by atoms with Crippen LogP contribution in [0.1, 0.15) is 22.7 Å². The monoisotopic (exact) mass is 433 g/mol. The lowest BCUT2D eigenvalue weighted by Crippen LogP contribution is -2.29. The molecule has 1 aliphatic rings. The van der Waals surface area contributed by atoms with Gasteiger partial charge in [-0.2, -0.15) is 0 Å². The molecule has 0 bridgehead atoms. The first-order chi connectivity index (χ1) is 14.9. The summed E-state index contributed by atoms with van der Waals surface area (Å²) in [7, 11) is 1.55. The van der Waals surface area contributed by atoms with Gasteiger partial charge in [-0.05, 0) is 61.0 Å². The SMILES string of the molecule is COc1ccc(/C(O)=C2/C(=O)C(=O)N(c3ccc(Cl)cc3)C2c2cccc(C)c2)cc1. The fourth-order valence-corrected chi connectivity index (χ4v) is 3.89. The number of ether oxygens (including phenoxy) is 1. The molecule has 1 N–H and O–H groups in total. The van der Waals surface area contributed by atoms with E-state index in [2.05, 4.69) is 0 Å². The molecule has 1 saturated heterocycles. The van der Waals surface area contributed by atoms with Crippen molar-refractivity contribution in [1.29, 1.82) is 0 Å². The Kier molecular flexibility index (Phi) is 5.53. The average molecular weight is 434 g/mol. The normalized spacial score (nSPS) is 17.8. The molecule has 1 aliphatic heterocycles. The number of aliphatic hydroxyl groups excluding tert-OH is 1. The first-order valence-electron chi connectivity index (χ1n) is 9.68. The Balaban J connectivity index is 1.92. The van der Waals surface area contributed by atoms with Gasteiger partial charge in [0.25, 0.3) is 11.7 Å². The van der Waals surface area contributed by atoms with Crippen molar-refractivity contribution in [2.45, 2.75) is 13.0 Å². The molecule has 0 aromatic heterocycles. The number of rotatable bonds is 4. The van der Waals surface area contributed by atoms with Gasteiger partial charge >= 0.3 is 0 Å². The Morgan fingerprint density at radius 3 is 2.29 bits per heavy atom. The van der Waals surface area contributed by atoms with Crippen LogP contribution in [0, 0.1) is 6.92 Å². The maximum Gasteiger partial charge on any atom is 0.300 e. The Morgan fingerprint density at radius 2 is 1.68 bits per heavy atom. The Morgan fingerprint density at radius 1 is 1.00 bits per heavy atom. The van der Waals surface area contributed by atoms with Gasteiger partial charge in [-0.25, -0.2) is 0 Å². The summed E-state index contributed by atoms with van der Waals surface area (Å²) in [5.41, 5.74) is 2.68. The summed E-state index contributed by atoms with van der Waals surface area (Å²) >= 11 is 6.01. The third-order valence-corrected chi connectivity index (χ3v) is 5.52. The van der Waals surface area contributed by atoms with Crippen LogP contribution < -0.4 is 9.64 Å². The molecule has 0 aliphatic carbocycles. The van der Waals surface area contributed by atoms with Gasteiger partial charge in [-0.15, -0.1) is 0 Å². The first kappa shape index (κ1) is 20.7. The number of aryl methyl sites for hydroxylation is 1. The number of anilines is 1. The van der Waals surface area contributed by atoms with Crippen LogP contribution in [-0.4, -0.2) is 23.9 Å². The van der Waals surface area contributed by atoms with Gasteiger partial charge in [-0.1, -0.05) is 41.4 Å². The summed E-state index contributed by atoms with van der Waals surface area (Å²) in [5.74, 6) is -1.06. The van der Waals surface area contributed by atoms with Crippen LogP contribution >= 0.6 is 11.6 Å². The standard InChI is InChI=1S/C25H20ClNO4/c1-15-4-3-5-17(14-15)22-21(23(28)16-6-12-20(31-2)13-7-16)24(29)25(30)27(22)19-10-8-18(26)9-11-19/h3-14,22,28H,1-2H3/b23-21-. The summed E-state index contributed by atoms with van der Waals surface area (Å²) in [6.07, 6.45) is 0. The number of aliphatic hydroxyl groups is 1. The van der Waals surface area contributed by atoms with E-state index in [1.807, 2.05) is 31.2 Å². The van der Waals surface area contributed by atoms with E-state index in [1.165, 1.54) is 4.90 Å². The van der Waals surface area contributed by atoms with Crippen molar-refractivity contribution >= 4 is 34.7 Å². The molecule has 3 aromatic carbocycles. The number of halogens is 1. The lowest BCUT2D eigenvalue weighted by atomic mass is 9.94. The van der Waals surface area contributed by atoms with E-state index in [4.69, 9.17) is 16.3 Å². The molecule has 1 atom stereocenters. The highest BCUT2D eigenvalue weighted by Crippen LogP contribution is 2.42. The average Bonchev–Trinajstić information content (AvgIpc) is 3.04. The summed E-state index contributed by atoms with van der Waals surface area (Å²) in [6.45, 7) is 1.93. The van der Waals surface area contributed by atoms with E-state index in [1.54, 1.807) is 55.6 Å². The van der Waals surface area contributed by atoms with Crippen molar-refractivity contribution < 1.29 is 19.4 Å². The maximum absolute atomic E-state index is 13.1. The molecule has 1 unspecified atom stereocenters. The van der Waals surface area contributed by atoms with Crippen LogP contribution in [0.2, 0.25) is 5.02 Å². The lowest BCUT2D eigenvalue weighted by Gasteiger charge is -2.25. The first-order valence-corrected chi connectivity index (χ1v) is 10.1. The number of methoxy groups -OCH3 is 1. The zero-order valence-corrected chi connectivity index (χ0v) is 17.8. The van der Waals surface area contributed by atoms with E-state index in [0.29, 0.717) is 22.0 Å². The molecule has 0 spiro atoms. The summed E-state index contributed by atoms with van der Waals surface area (Å²) < 4.78 is 5.16. The molecular formula is C25H20ClNO4. The number of Topliss-reactive ketones (excluding diaryl/α,β-unsaturated/α-hetero) is 1. The predicted octanol–water partition coefficient (Wildman–Crippen LogP) is 5.28. The van der Waals surface area contributed by atoms with Gasteiger partial charge in [-0.3, -0.25) is 14.5 Å². The highest BCUT2D eigenvalue weighted by atomic mass is 35.5. The number of carbonyl (C=O) groups excluding carboxylic acids is 2. The third-order valence-electron chi connectivity index (χ3n) is 5.27. The minimum Gasteiger partial charge on any atom is -0.507 e. The van der Waals surface area contributed by atoms with Crippen LogP contribution in [0.15, 0.2) is 78.4 Å². The van der Waals surface area contributed by atoms with Crippen LogP contribution in [0.3, 0.4) is 0 Å². The minimum atomic E-state index is -0.775. The highest BCUT2D eigenvalue weighted by Gasteiger charge is 2.46. The fourth-order valence-electron chi connectivity index (χ4n) is 3.76. The van der Waals surface area contributed by atoms with Crippen molar-refractivity contribution in [3.05, 3.63) is 100 Å². The van der Waals surface area contributed by atoms with Crippen molar-refractivity contribution in [1.82, 2.24) is 0 Å². The Bertz CT molecular complexity index is 1180. The van der Waals surface area contributed by atoms with E-state index in [0.717, 1.165) is 11.1 Å². The zero-order valence-electron chi connectivity index (χ0n) is 17.0. The van der Waals surface area contributed by atoms with Crippen molar-refractivity contribution in [3.8, 4) is 5.75 Å².